The standard InChI is InChI=1S/C21H23ClN2O2/c1-14-3-4-17(13-15(14)2)21(26)24-11-9-16(10-12-24)20(25)23-19-7-5-18(22)6-8-19/h3-8,13,16H,9-12H2,1-2H3,(H,23,25). The molecule has 0 bridgehead atoms. The summed E-state index contributed by atoms with van der Waals surface area (Å²) >= 11 is 5.86. The largest absolute Gasteiger partial charge is 0.339 e. The second-order valence-corrected chi connectivity index (χ2v) is 7.30. The molecule has 4 nitrogen and oxygen atoms in total. The minimum Gasteiger partial charge on any atom is -0.339 e. The summed E-state index contributed by atoms with van der Waals surface area (Å²) in [5.41, 5.74) is 3.76. The number of likely N-dealkylation sites (tertiary alicyclic amines) is 1. The maximum atomic E-state index is 12.7. The summed E-state index contributed by atoms with van der Waals surface area (Å²) in [6.45, 7) is 5.25. The zero-order chi connectivity index (χ0) is 18.7. The molecule has 5 heteroatoms. The molecule has 0 aromatic heterocycles. The first-order chi connectivity index (χ1) is 12.4. The molecule has 1 aliphatic heterocycles. The summed E-state index contributed by atoms with van der Waals surface area (Å²) in [5, 5.41) is 3.57. The number of rotatable bonds is 3. The average Bonchev–Trinajstić information content (AvgIpc) is 2.65. The highest BCUT2D eigenvalue weighted by Gasteiger charge is 2.28. The van der Waals surface area contributed by atoms with Crippen LogP contribution < -0.4 is 5.32 Å². The van der Waals surface area contributed by atoms with Gasteiger partial charge in [0.1, 0.15) is 0 Å². The van der Waals surface area contributed by atoms with Crippen LogP contribution in [0.2, 0.25) is 5.02 Å². The Morgan fingerprint density at radius 3 is 2.27 bits per heavy atom. The van der Waals surface area contributed by atoms with Crippen LogP contribution >= 0.6 is 11.6 Å². The van der Waals surface area contributed by atoms with E-state index in [1.165, 1.54) is 5.56 Å². The van der Waals surface area contributed by atoms with Crippen molar-refractivity contribution >= 4 is 29.1 Å². The van der Waals surface area contributed by atoms with Crippen molar-refractivity contribution in [3.05, 3.63) is 64.2 Å². The molecule has 0 atom stereocenters. The van der Waals surface area contributed by atoms with Crippen LogP contribution in [0.5, 0.6) is 0 Å². The van der Waals surface area contributed by atoms with Gasteiger partial charge in [-0.2, -0.15) is 0 Å². The molecule has 26 heavy (non-hydrogen) atoms. The SMILES string of the molecule is Cc1ccc(C(=O)N2CCC(C(=O)Nc3ccc(Cl)cc3)CC2)cc1C. The number of carbonyl (C=O) groups excluding carboxylic acids is 2. The molecule has 136 valence electrons. The molecule has 2 amide bonds. The topological polar surface area (TPSA) is 49.4 Å². The molecular weight excluding hydrogens is 348 g/mol. The van der Waals surface area contributed by atoms with Gasteiger partial charge in [-0.3, -0.25) is 9.59 Å². The Morgan fingerprint density at radius 1 is 1.00 bits per heavy atom. The predicted molar refractivity (Wildman–Crippen MR) is 105 cm³/mol. The van der Waals surface area contributed by atoms with E-state index < -0.39 is 0 Å². The first kappa shape index (κ1) is 18.5. The lowest BCUT2D eigenvalue weighted by Crippen LogP contribution is -2.41. The summed E-state index contributed by atoms with van der Waals surface area (Å²) in [7, 11) is 0. The van der Waals surface area contributed by atoms with Gasteiger partial charge >= 0.3 is 0 Å². The third-order valence-electron chi connectivity index (χ3n) is 5.02. The van der Waals surface area contributed by atoms with E-state index in [4.69, 9.17) is 11.6 Å². The van der Waals surface area contributed by atoms with Gasteiger partial charge in [0.25, 0.3) is 5.91 Å². The highest BCUT2D eigenvalue weighted by molar-refractivity contribution is 6.30. The minimum absolute atomic E-state index is 0.00519. The number of carbonyl (C=O) groups is 2. The zero-order valence-electron chi connectivity index (χ0n) is 15.1. The van der Waals surface area contributed by atoms with Crippen LogP contribution in [0.1, 0.15) is 34.3 Å². The van der Waals surface area contributed by atoms with Gasteiger partial charge in [0, 0.05) is 35.3 Å². The van der Waals surface area contributed by atoms with Crippen molar-refractivity contribution in [2.75, 3.05) is 18.4 Å². The zero-order valence-corrected chi connectivity index (χ0v) is 15.8. The lowest BCUT2D eigenvalue weighted by Gasteiger charge is -2.31. The minimum atomic E-state index is -0.0746. The Hall–Kier alpha value is -2.33. The average molecular weight is 371 g/mol. The van der Waals surface area contributed by atoms with Crippen LogP contribution in [0.4, 0.5) is 5.69 Å². The number of piperidine rings is 1. The highest BCUT2D eigenvalue weighted by Crippen LogP contribution is 2.22. The first-order valence-corrected chi connectivity index (χ1v) is 9.25. The molecule has 0 unspecified atom stereocenters. The number of hydrogen-bond acceptors (Lipinski definition) is 2. The maximum Gasteiger partial charge on any atom is 0.253 e. The Kier molecular flexibility index (Phi) is 5.62. The fraction of sp³-hybridized carbons (Fsp3) is 0.333. The first-order valence-electron chi connectivity index (χ1n) is 8.87. The van der Waals surface area contributed by atoms with E-state index in [0.717, 1.165) is 16.8 Å². The van der Waals surface area contributed by atoms with Crippen molar-refractivity contribution in [1.29, 1.82) is 0 Å². The third-order valence-corrected chi connectivity index (χ3v) is 5.27. The van der Waals surface area contributed by atoms with Gasteiger partial charge in [-0.05, 0) is 74.2 Å². The maximum absolute atomic E-state index is 12.7. The number of amides is 2. The van der Waals surface area contributed by atoms with Crippen molar-refractivity contribution in [2.45, 2.75) is 26.7 Å². The number of aryl methyl sites for hydroxylation is 2. The highest BCUT2D eigenvalue weighted by atomic mass is 35.5. The fourth-order valence-corrected chi connectivity index (χ4v) is 3.31. The smallest absolute Gasteiger partial charge is 0.253 e. The van der Waals surface area contributed by atoms with Crippen LogP contribution in [0.3, 0.4) is 0 Å². The molecule has 0 saturated carbocycles. The number of nitrogens with zero attached hydrogens (tertiary/aromatic N) is 1. The molecule has 0 aliphatic carbocycles. The quantitative estimate of drug-likeness (QED) is 0.867. The fourth-order valence-electron chi connectivity index (χ4n) is 3.18. The molecule has 0 spiro atoms. The number of benzene rings is 2. The van der Waals surface area contributed by atoms with E-state index in [1.807, 2.05) is 36.9 Å². The second kappa shape index (κ2) is 7.92. The number of anilines is 1. The summed E-state index contributed by atoms with van der Waals surface area (Å²) in [4.78, 5) is 27.0. The van der Waals surface area contributed by atoms with Crippen LogP contribution in [-0.4, -0.2) is 29.8 Å². The molecule has 1 aliphatic rings. The molecule has 1 N–H and O–H groups in total. The van der Waals surface area contributed by atoms with Crippen LogP contribution in [-0.2, 0) is 4.79 Å². The molecule has 1 saturated heterocycles. The van der Waals surface area contributed by atoms with Gasteiger partial charge < -0.3 is 10.2 Å². The Labute approximate surface area is 159 Å². The lowest BCUT2D eigenvalue weighted by molar-refractivity contribution is -0.121. The molecule has 1 heterocycles. The predicted octanol–water partition coefficient (Wildman–Crippen LogP) is 4.45. The lowest BCUT2D eigenvalue weighted by atomic mass is 9.95. The summed E-state index contributed by atoms with van der Waals surface area (Å²) in [6, 6.07) is 12.9. The van der Waals surface area contributed by atoms with Crippen molar-refractivity contribution in [1.82, 2.24) is 4.90 Å². The van der Waals surface area contributed by atoms with E-state index in [9.17, 15) is 9.59 Å². The summed E-state index contributed by atoms with van der Waals surface area (Å²) < 4.78 is 0. The number of hydrogen-bond donors (Lipinski definition) is 1. The van der Waals surface area contributed by atoms with Gasteiger partial charge in [0.2, 0.25) is 5.91 Å². The van der Waals surface area contributed by atoms with E-state index in [2.05, 4.69) is 5.32 Å². The summed E-state index contributed by atoms with van der Waals surface area (Å²) in [5.74, 6) is -0.0234. The molecule has 0 radical (unpaired) electrons. The Bertz CT molecular complexity index is 809. The van der Waals surface area contributed by atoms with E-state index in [1.54, 1.807) is 24.3 Å². The van der Waals surface area contributed by atoms with E-state index in [0.29, 0.717) is 31.0 Å². The molecule has 2 aromatic carbocycles. The normalized spacial score (nSPS) is 15.0. The van der Waals surface area contributed by atoms with Crippen LogP contribution in [0.25, 0.3) is 0 Å². The van der Waals surface area contributed by atoms with E-state index in [-0.39, 0.29) is 17.7 Å². The Morgan fingerprint density at radius 2 is 1.65 bits per heavy atom. The van der Waals surface area contributed by atoms with E-state index >= 15 is 0 Å². The van der Waals surface area contributed by atoms with Gasteiger partial charge in [-0.1, -0.05) is 17.7 Å². The van der Waals surface area contributed by atoms with Crippen LogP contribution in [0, 0.1) is 19.8 Å². The van der Waals surface area contributed by atoms with Gasteiger partial charge in [0.15, 0.2) is 0 Å². The molecule has 2 aromatic rings. The summed E-state index contributed by atoms with van der Waals surface area (Å²) in [6.07, 6.45) is 1.35. The monoisotopic (exact) mass is 370 g/mol. The van der Waals surface area contributed by atoms with Crippen molar-refractivity contribution in [3.8, 4) is 0 Å². The number of halogens is 1. The van der Waals surface area contributed by atoms with Crippen molar-refractivity contribution in [2.24, 2.45) is 5.92 Å². The van der Waals surface area contributed by atoms with Crippen LogP contribution in [0.15, 0.2) is 42.5 Å². The van der Waals surface area contributed by atoms with Gasteiger partial charge in [-0.25, -0.2) is 0 Å². The third kappa shape index (κ3) is 4.25. The number of nitrogens with one attached hydrogen (secondary N) is 1. The van der Waals surface area contributed by atoms with Gasteiger partial charge in [-0.15, -0.1) is 0 Å². The van der Waals surface area contributed by atoms with Crippen molar-refractivity contribution < 1.29 is 9.59 Å². The molecular formula is C21H23ClN2O2. The van der Waals surface area contributed by atoms with Gasteiger partial charge in [0.05, 0.1) is 0 Å². The molecule has 1 fully saturated rings. The molecule has 3 rings (SSSR count). The Balaban J connectivity index is 1.56. The second-order valence-electron chi connectivity index (χ2n) is 6.86. The van der Waals surface area contributed by atoms with Crippen molar-refractivity contribution in [3.63, 3.8) is 0 Å².